The van der Waals surface area contributed by atoms with Crippen LogP contribution in [0.1, 0.15) is 0 Å². The fourth-order valence-corrected chi connectivity index (χ4v) is 2.29. The van der Waals surface area contributed by atoms with Crippen molar-refractivity contribution in [2.45, 2.75) is 0 Å². The van der Waals surface area contributed by atoms with E-state index in [4.69, 9.17) is 44.1 Å². The van der Waals surface area contributed by atoms with Gasteiger partial charge in [0, 0.05) is 18.2 Å². The van der Waals surface area contributed by atoms with Gasteiger partial charge in [-0.25, -0.2) is 19.2 Å². The Hall–Kier alpha value is -3.64. The highest BCUT2D eigenvalue weighted by Gasteiger charge is 2.37. The highest BCUT2D eigenvalue weighted by atomic mass is 16.6. The minimum atomic E-state index is -1.49. The summed E-state index contributed by atoms with van der Waals surface area (Å²) in [6, 6.07) is 0. The summed E-state index contributed by atoms with van der Waals surface area (Å²) >= 11 is 0. The first-order chi connectivity index (χ1) is 20.4. The highest BCUT2D eigenvalue weighted by molar-refractivity contribution is 5.83. The first kappa shape index (κ1) is 41.5. The van der Waals surface area contributed by atoms with Crippen molar-refractivity contribution in [1.29, 1.82) is 0 Å². The normalized spacial score (nSPS) is 11.4. The molecular weight excluding hydrogens is 580 g/mol. The third-order valence-corrected chi connectivity index (χ3v) is 5.62. The summed E-state index contributed by atoms with van der Waals surface area (Å²) in [7, 11) is 0. The SMILES string of the molecule is C=CC(=O)OCC(COC(=O)C=C)(COC(=O)C=C)COC(=O)C=COCC(CO)(CO)CO.OCC(CO)(CO)CO. The average Bonchev–Trinajstić information content (AvgIpc) is 3.05. The lowest BCUT2D eigenvalue weighted by Crippen LogP contribution is -2.43. The van der Waals surface area contributed by atoms with E-state index in [-0.39, 0.29) is 6.61 Å². The minimum absolute atomic E-state index is 0.295. The number of aliphatic hydroxyl groups is 7. The second-order valence-corrected chi connectivity index (χ2v) is 9.26. The molecule has 0 aliphatic carbocycles. The van der Waals surface area contributed by atoms with E-state index in [2.05, 4.69) is 19.7 Å². The first-order valence-corrected chi connectivity index (χ1v) is 12.5. The van der Waals surface area contributed by atoms with E-state index in [0.717, 1.165) is 30.6 Å². The molecule has 0 amide bonds. The van der Waals surface area contributed by atoms with Gasteiger partial charge in [-0.15, -0.1) is 0 Å². The van der Waals surface area contributed by atoms with Crippen LogP contribution in [0.15, 0.2) is 50.3 Å². The quantitative estimate of drug-likeness (QED) is 0.0277. The molecule has 16 nitrogen and oxygen atoms in total. The summed E-state index contributed by atoms with van der Waals surface area (Å²) in [6.07, 6.45) is 4.43. The van der Waals surface area contributed by atoms with Crippen LogP contribution < -0.4 is 0 Å². The lowest BCUT2D eigenvalue weighted by Gasteiger charge is -2.31. The van der Waals surface area contributed by atoms with Crippen molar-refractivity contribution in [2.24, 2.45) is 16.2 Å². The molecule has 43 heavy (non-hydrogen) atoms. The molecule has 0 rings (SSSR count). The topological polar surface area (TPSA) is 256 Å². The molecule has 7 N–H and O–H groups in total. The minimum Gasteiger partial charge on any atom is -0.500 e. The molecule has 0 saturated carbocycles. The predicted molar refractivity (Wildman–Crippen MR) is 146 cm³/mol. The zero-order chi connectivity index (χ0) is 33.4. The standard InChI is InChI=1S/C22H30O12.C5H12O4/c1-4-17(26)31-13-22(14-32-18(27)5-2,15-33-19(28)6-3)16-34-20(29)7-8-30-12-21(9-23,10-24)11-25;6-1-5(2-7,3-8)4-9/h4-8,23-25H,1-3,9-16H2;6-9H,1-4H2. The largest absolute Gasteiger partial charge is 0.500 e. The van der Waals surface area contributed by atoms with Crippen LogP contribution in [0.4, 0.5) is 0 Å². The maximum Gasteiger partial charge on any atom is 0.333 e. The van der Waals surface area contributed by atoms with Crippen LogP contribution in [0.3, 0.4) is 0 Å². The predicted octanol–water partition coefficient (Wildman–Crippen LogP) is -2.86. The lowest BCUT2D eigenvalue weighted by atomic mass is 9.92. The van der Waals surface area contributed by atoms with Crippen LogP contribution >= 0.6 is 0 Å². The van der Waals surface area contributed by atoms with E-state index >= 15 is 0 Å². The number of esters is 4. The fourth-order valence-electron chi connectivity index (χ4n) is 2.29. The Morgan fingerprint density at radius 2 is 0.767 bits per heavy atom. The number of hydrogen-bond acceptors (Lipinski definition) is 16. The van der Waals surface area contributed by atoms with Gasteiger partial charge in [-0.05, 0) is 0 Å². The van der Waals surface area contributed by atoms with Crippen molar-refractivity contribution < 1.29 is 78.6 Å². The van der Waals surface area contributed by atoms with Crippen LogP contribution in [0, 0.1) is 16.2 Å². The lowest BCUT2D eigenvalue weighted by molar-refractivity contribution is -0.164. The molecule has 16 heteroatoms. The summed E-state index contributed by atoms with van der Waals surface area (Å²) in [5, 5.41) is 61.7. The number of rotatable bonds is 22. The number of aliphatic hydroxyl groups excluding tert-OH is 7. The molecule has 0 aromatic carbocycles. The van der Waals surface area contributed by atoms with Crippen LogP contribution in [0.2, 0.25) is 0 Å². The van der Waals surface area contributed by atoms with Gasteiger partial charge in [-0.2, -0.15) is 0 Å². The molecule has 0 radical (unpaired) electrons. The highest BCUT2D eigenvalue weighted by Crippen LogP contribution is 2.22. The zero-order valence-corrected chi connectivity index (χ0v) is 23.8. The van der Waals surface area contributed by atoms with Gasteiger partial charge in [-0.3, -0.25) is 0 Å². The molecular formula is C27H42O16. The van der Waals surface area contributed by atoms with Crippen molar-refractivity contribution in [3.63, 3.8) is 0 Å². The van der Waals surface area contributed by atoms with Crippen LogP contribution in [0.5, 0.6) is 0 Å². The Bertz CT molecular complexity index is 819. The van der Waals surface area contributed by atoms with E-state index < -0.39 is 113 Å². The van der Waals surface area contributed by atoms with E-state index in [1.165, 1.54) is 0 Å². The summed E-state index contributed by atoms with van der Waals surface area (Å²) < 4.78 is 25.2. The number of ether oxygens (including phenoxy) is 5. The number of carbonyl (C=O) groups is 4. The summed E-state index contributed by atoms with van der Waals surface area (Å²) in [6.45, 7) is 4.22. The second kappa shape index (κ2) is 22.9. The van der Waals surface area contributed by atoms with Crippen molar-refractivity contribution in [1.82, 2.24) is 0 Å². The van der Waals surface area contributed by atoms with Gasteiger partial charge in [0.1, 0.15) is 31.8 Å². The Kier molecular flexibility index (Phi) is 22.1. The second-order valence-electron chi connectivity index (χ2n) is 9.26. The molecule has 0 spiro atoms. The van der Waals surface area contributed by atoms with Crippen molar-refractivity contribution in [3.8, 4) is 0 Å². The number of hydrogen-bond donors (Lipinski definition) is 7. The monoisotopic (exact) mass is 622 g/mol. The van der Waals surface area contributed by atoms with Crippen LogP contribution in [-0.4, -0.2) is 139 Å². The van der Waals surface area contributed by atoms with E-state index in [9.17, 15) is 34.5 Å². The molecule has 0 unspecified atom stereocenters. The smallest absolute Gasteiger partial charge is 0.333 e. The molecule has 0 aromatic heterocycles. The van der Waals surface area contributed by atoms with Crippen molar-refractivity contribution in [3.05, 3.63) is 50.3 Å². The van der Waals surface area contributed by atoms with Crippen molar-refractivity contribution in [2.75, 3.05) is 79.3 Å². The molecule has 0 aliphatic heterocycles. The van der Waals surface area contributed by atoms with E-state index in [1.54, 1.807) is 0 Å². The molecule has 0 heterocycles. The molecule has 0 atom stereocenters. The number of carbonyl (C=O) groups excluding carboxylic acids is 4. The molecule has 0 saturated heterocycles. The Morgan fingerprint density at radius 1 is 0.465 bits per heavy atom. The summed E-state index contributed by atoms with van der Waals surface area (Å²) in [4.78, 5) is 46.7. The van der Waals surface area contributed by atoms with E-state index in [0.29, 0.717) is 0 Å². The van der Waals surface area contributed by atoms with Crippen LogP contribution in [0.25, 0.3) is 0 Å². The van der Waals surface area contributed by atoms with Gasteiger partial charge in [0.05, 0.1) is 76.0 Å². The molecule has 0 aliphatic rings. The maximum absolute atomic E-state index is 12.1. The van der Waals surface area contributed by atoms with Gasteiger partial charge in [0.15, 0.2) is 0 Å². The van der Waals surface area contributed by atoms with E-state index in [1.807, 2.05) is 0 Å². The van der Waals surface area contributed by atoms with Gasteiger partial charge < -0.3 is 59.4 Å². The average molecular weight is 623 g/mol. The van der Waals surface area contributed by atoms with Crippen LogP contribution in [-0.2, 0) is 42.9 Å². The molecule has 0 fully saturated rings. The Morgan fingerprint density at radius 3 is 1.02 bits per heavy atom. The summed E-state index contributed by atoms with van der Waals surface area (Å²) in [5.74, 6) is -3.41. The Balaban J connectivity index is 0. The molecule has 0 aromatic rings. The zero-order valence-electron chi connectivity index (χ0n) is 23.8. The van der Waals surface area contributed by atoms with Gasteiger partial charge in [0.25, 0.3) is 0 Å². The summed E-state index contributed by atoms with van der Waals surface area (Å²) in [5.41, 5.74) is -3.90. The fraction of sp³-hybridized carbons (Fsp3) is 0.556. The molecule has 246 valence electrons. The van der Waals surface area contributed by atoms with Gasteiger partial charge in [0.2, 0.25) is 0 Å². The third-order valence-electron chi connectivity index (χ3n) is 5.62. The van der Waals surface area contributed by atoms with Crippen molar-refractivity contribution >= 4 is 23.9 Å². The Labute approximate surface area is 248 Å². The van der Waals surface area contributed by atoms with Gasteiger partial charge >= 0.3 is 23.9 Å². The van der Waals surface area contributed by atoms with Gasteiger partial charge in [-0.1, -0.05) is 19.7 Å². The first-order valence-electron chi connectivity index (χ1n) is 12.5. The third kappa shape index (κ3) is 16.5. The maximum atomic E-state index is 12.1. The molecule has 0 bridgehead atoms.